The first kappa shape index (κ1) is 9.55. The molecule has 0 aromatic rings. The highest BCUT2D eigenvalue weighted by atomic mass is 127. The van der Waals surface area contributed by atoms with Crippen LogP contribution in [0.15, 0.2) is 26.9 Å². The summed E-state index contributed by atoms with van der Waals surface area (Å²) in [6.45, 7) is 1.90. The van der Waals surface area contributed by atoms with Crippen LogP contribution < -0.4 is 0 Å². The summed E-state index contributed by atoms with van der Waals surface area (Å²) in [5, 5.41) is 0. The van der Waals surface area contributed by atoms with Crippen molar-refractivity contribution in [3.05, 3.63) is 21.9 Å². The maximum atomic E-state index is 10.0. The van der Waals surface area contributed by atoms with E-state index in [0.717, 1.165) is 6.29 Å². The first-order valence-electron chi connectivity index (χ1n) is 2.76. The van der Waals surface area contributed by atoms with Gasteiger partial charge in [0.05, 0.1) is 3.58 Å². The van der Waals surface area contributed by atoms with Gasteiger partial charge in [-0.2, -0.15) is 0 Å². The Morgan fingerprint density at radius 1 is 1.60 bits per heavy atom. The monoisotopic (exact) mass is 249 g/mol. The zero-order chi connectivity index (χ0) is 7.82. The summed E-state index contributed by atoms with van der Waals surface area (Å²) < 4.78 is 0.596. The van der Waals surface area contributed by atoms with Crippen LogP contribution in [0.5, 0.6) is 0 Å². The van der Waals surface area contributed by atoms with Gasteiger partial charge < -0.3 is 0 Å². The van der Waals surface area contributed by atoms with E-state index in [-0.39, 0.29) is 0 Å². The van der Waals surface area contributed by atoms with Gasteiger partial charge in [-0.1, -0.05) is 6.08 Å². The molecule has 0 saturated heterocycles. The first-order chi connectivity index (χ1) is 4.81. The number of rotatable bonds is 3. The Kier molecular flexibility index (Phi) is 6.37. The van der Waals surface area contributed by atoms with Gasteiger partial charge in [0.2, 0.25) is 0 Å². The van der Waals surface area contributed by atoms with Gasteiger partial charge in [0, 0.05) is 12.4 Å². The number of hydrogen-bond donors (Lipinski definition) is 0. The Labute approximate surface area is 73.9 Å². The Morgan fingerprint density at radius 2 is 2.30 bits per heavy atom. The molecule has 2 nitrogen and oxygen atoms in total. The maximum absolute atomic E-state index is 10.0. The number of hydrogen-bond acceptors (Lipinski definition) is 2. The molecular formula is C7H8INO. The number of allylic oxidation sites excluding steroid dienone is 3. The lowest BCUT2D eigenvalue weighted by Crippen LogP contribution is -1.68. The van der Waals surface area contributed by atoms with E-state index in [1.54, 1.807) is 12.3 Å². The van der Waals surface area contributed by atoms with E-state index in [1.165, 1.54) is 6.20 Å². The molecule has 0 atom stereocenters. The van der Waals surface area contributed by atoms with Gasteiger partial charge in [0.1, 0.15) is 0 Å². The topological polar surface area (TPSA) is 29.4 Å². The third kappa shape index (κ3) is 5.68. The molecule has 0 heterocycles. The van der Waals surface area contributed by atoms with Gasteiger partial charge in [-0.25, -0.2) is 0 Å². The first-order valence-corrected chi connectivity index (χ1v) is 3.84. The van der Waals surface area contributed by atoms with Crippen LogP contribution in [0, 0.1) is 0 Å². The number of carbonyl (C=O) groups is 1. The summed E-state index contributed by atoms with van der Waals surface area (Å²) in [6, 6.07) is 0. The molecule has 3 heteroatoms. The highest BCUT2D eigenvalue weighted by Crippen LogP contribution is 1.99. The van der Waals surface area contributed by atoms with Crippen LogP contribution >= 0.6 is 22.6 Å². The van der Waals surface area contributed by atoms with Crippen LogP contribution in [0.4, 0.5) is 0 Å². The summed E-state index contributed by atoms with van der Waals surface area (Å²) >= 11 is 1.91. The van der Waals surface area contributed by atoms with Gasteiger partial charge in [0.15, 0.2) is 6.29 Å². The van der Waals surface area contributed by atoms with E-state index in [9.17, 15) is 4.79 Å². The summed E-state index contributed by atoms with van der Waals surface area (Å²) in [5.41, 5.74) is 0. The van der Waals surface area contributed by atoms with Crippen molar-refractivity contribution in [2.75, 3.05) is 0 Å². The number of halogens is 1. The molecule has 0 amide bonds. The minimum Gasteiger partial charge on any atom is -0.297 e. The van der Waals surface area contributed by atoms with Crippen LogP contribution in [0.25, 0.3) is 0 Å². The fourth-order valence-electron chi connectivity index (χ4n) is 0.280. The molecule has 0 aliphatic heterocycles. The van der Waals surface area contributed by atoms with Crippen molar-refractivity contribution in [2.24, 2.45) is 4.99 Å². The number of carbonyl (C=O) groups excluding carboxylic acids is 1. The lowest BCUT2D eigenvalue weighted by Gasteiger charge is -1.76. The summed E-state index contributed by atoms with van der Waals surface area (Å²) in [7, 11) is 0. The predicted octanol–water partition coefficient (Wildman–Crippen LogP) is 2.11. The van der Waals surface area contributed by atoms with Crippen molar-refractivity contribution in [2.45, 2.75) is 6.92 Å². The number of nitrogens with zero attached hydrogens (tertiary/aromatic N) is 1. The molecule has 10 heavy (non-hydrogen) atoms. The molecule has 0 N–H and O–H groups in total. The third-order valence-corrected chi connectivity index (χ3v) is 1.21. The highest BCUT2D eigenvalue weighted by Gasteiger charge is 1.79. The van der Waals surface area contributed by atoms with Crippen molar-refractivity contribution >= 4 is 35.1 Å². The molecule has 54 valence electrons. The van der Waals surface area contributed by atoms with Crippen molar-refractivity contribution in [1.29, 1.82) is 0 Å². The maximum Gasteiger partial charge on any atom is 0.157 e. The van der Waals surface area contributed by atoms with E-state index < -0.39 is 0 Å². The summed E-state index contributed by atoms with van der Waals surface area (Å²) in [6.07, 6.45) is 7.56. The van der Waals surface area contributed by atoms with Crippen LogP contribution in [-0.2, 0) is 4.79 Å². The van der Waals surface area contributed by atoms with Crippen molar-refractivity contribution in [3.63, 3.8) is 0 Å². The second-order valence-corrected chi connectivity index (χ2v) is 2.70. The molecule has 0 aromatic carbocycles. The van der Waals surface area contributed by atoms with E-state index in [1.807, 2.05) is 35.6 Å². The highest BCUT2D eigenvalue weighted by molar-refractivity contribution is 14.1. The van der Waals surface area contributed by atoms with Crippen molar-refractivity contribution in [3.8, 4) is 0 Å². The van der Waals surface area contributed by atoms with E-state index in [4.69, 9.17) is 0 Å². The normalized spacial score (nSPS) is 13.2. The number of aldehydes is 1. The number of aliphatic imine (C=N–C) groups is 1. The van der Waals surface area contributed by atoms with Crippen molar-refractivity contribution < 1.29 is 4.79 Å². The fourth-order valence-corrected chi connectivity index (χ4v) is 0.441. The molecule has 0 spiro atoms. The standard InChI is InChI=1S/C7H8INO/c1-2-3-4-9-5-7(8)6-10/h2-6H,1H3/b3-2+,7-5-,9-4+. The summed E-state index contributed by atoms with van der Waals surface area (Å²) in [4.78, 5) is 13.8. The molecule has 0 aliphatic carbocycles. The Morgan fingerprint density at radius 3 is 2.80 bits per heavy atom. The molecule has 0 saturated carbocycles. The predicted molar refractivity (Wildman–Crippen MR) is 51.5 cm³/mol. The van der Waals surface area contributed by atoms with Crippen molar-refractivity contribution in [1.82, 2.24) is 0 Å². The van der Waals surface area contributed by atoms with E-state index in [2.05, 4.69) is 4.99 Å². The molecule has 0 aliphatic rings. The SMILES string of the molecule is C/C=C/C=N/C=C(\I)C=O. The van der Waals surface area contributed by atoms with Gasteiger partial charge in [0.25, 0.3) is 0 Å². The average molecular weight is 249 g/mol. The Hall–Kier alpha value is -0.450. The second-order valence-electron chi connectivity index (χ2n) is 1.46. The molecule has 0 bridgehead atoms. The quantitative estimate of drug-likeness (QED) is 0.326. The van der Waals surface area contributed by atoms with Crippen LogP contribution in [0.3, 0.4) is 0 Å². The summed E-state index contributed by atoms with van der Waals surface area (Å²) in [5.74, 6) is 0. The molecule has 0 radical (unpaired) electrons. The minimum absolute atomic E-state index is 0.596. The Balaban J connectivity index is 3.81. The molecule has 0 aromatic heterocycles. The lowest BCUT2D eigenvalue weighted by atomic mass is 10.6. The zero-order valence-corrected chi connectivity index (χ0v) is 7.78. The Bertz CT molecular complexity index is 182. The fraction of sp³-hybridized carbons (Fsp3) is 0.143. The van der Waals surface area contributed by atoms with E-state index in [0.29, 0.717) is 3.58 Å². The van der Waals surface area contributed by atoms with Gasteiger partial charge in [-0.15, -0.1) is 0 Å². The van der Waals surface area contributed by atoms with Gasteiger partial charge >= 0.3 is 0 Å². The van der Waals surface area contributed by atoms with E-state index >= 15 is 0 Å². The average Bonchev–Trinajstić information content (AvgIpc) is 1.98. The largest absolute Gasteiger partial charge is 0.297 e. The van der Waals surface area contributed by atoms with Crippen LogP contribution in [0.1, 0.15) is 6.92 Å². The second kappa shape index (κ2) is 6.67. The molecule has 0 fully saturated rings. The van der Waals surface area contributed by atoms with Crippen LogP contribution in [0.2, 0.25) is 0 Å². The van der Waals surface area contributed by atoms with Gasteiger partial charge in [-0.05, 0) is 35.6 Å². The third-order valence-electron chi connectivity index (χ3n) is 0.675. The van der Waals surface area contributed by atoms with Gasteiger partial charge in [-0.3, -0.25) is 9.79 Å². The smallest absolute Gasteiger partial charge is 0.157 e. The zero-order valence-electron chi connectivity index (χ0n) is 5.62. The molecule has 0 unspecified atom stereocenters. The molecule has 0 rings (SSSR count). The minimum atomic E-state index is 0.596. The molecular weight excluding hydrogens is 241 g/mol. The lowest BCUT2D eigenvalue weighted by molar-refractivity contribution is -0.104. The van der Waals surface area contributed by atoms with Crippen LogP contribution in [-0.4, -0.2) is 12.5 Å².